The maximum Gasteiger partial charge on any atom is 0.332 e. The van der Waals surface area contributed by atoms with Gasteiger partial charge in [-0.15, -0.1) is 0 Å². The van der Waals surface area contributed by atoms with Gasteiger partial charge >= 0.3 is 6.03 Å². The molecule has 0 aliphatic rings. The van der Waals surface area contributed by atoms with Gasteiger partial charge in [-0.3, -0.25) is 0 Å². The molecular formula is C8H17N3O. The molecule has 0 aromatic heterocycles. The van der Waals surface area contributed by atoms with Crippen LogP contribution in [0.5, 0.6) is 0 Å². The van der Waals surface area contributed by atoms with Crippen LogP contribution in [0.4, 0.5) is 4.79 Å². The van der Waals surface area contributed by atoms with Crippen LogP contribution in [-0.2, 0) is 0 Å². The van der Waals surface area contributed by atoms with Crippen molar-refractivity contribution in [2.45, 2.75) is 33.6 Å². The van der Waals surface area contributed by atoms with Crippen LogP contribution < -0.4 is 11.2 Å². The van der Waals surface area contributed by atoms with E-state index >= 15 is 0 Å². The topological polar surface area (TPSA) is 67.5 Å². The first-order chi connectivity index (χ1) is 5.56. The maximum atomic E-state index is 10.3. The molecule has 0 heterocycles. The van der Waals surface area contributed by atoms with Crippen molar-refractivity contribution in [3.63, 3.8) is 0 Å². The molecule has 0 bridgehead atoms. The molecule has 70 valence electrons. The Morgan fingerprint density at radius 1 is 1.67 bits per heavy atom. The van der Waals surface area contributed by atoms with Gasteiger partial charge in [-0.2, -0.15) is 5.10 Å². The standard InChI is InChI=1S/C8H17N3O/c1-4-6(2)5-7(3)10-11-8(9)12/h6H,4-5H2,1-3H3,(H3,9,11,12)/b10-7-/t6-/m0/s1. The molecule has 0 aromatic carbocycles. The van der Waals surface area contributed by atoms with Gasteiger partial charge in [0, 0.05) is 5.71 Å². The smallest absolute Gasteiger partial charge is 0.332 e. The second kappa shape index (κ2) is 5.57. The van der Waals surface area contributed by atoms with Crippen molar-refractivity contribution in [3.05, 3.63) is 0 Å². The number of hydrazone groups is 1. The highest BCUT2D eigenvalue weighted by Gasteiger charge is 2.00. The highest BCUT2D eigenvalue weighted by Crippen LogP contribution is 2.06. The lowest BCUT2D eigenvalue weighted by Crippen LogP contribution is -2.25. The Hall–Kier alpha value is -1.06. The predicted molar refractivity (Wildman–Crippen MR) is 49.9 cm³/mol. The molecule has 4 heteroatoms. The molecule has 0 unspecified atom stereocenters. The number of amides is 2. The SMILES string of the molecule is CC[C@H](C)C/C(C)=N\NC(N)=O. The molecular weight excluding hydrogens is 154 g/mol. The van der Waals surface area contributed by atoms with Gasteiger partial charge in [0.15, 0.2) is 0 Å². The van der Waals surface area contributed by atoms with Gasteiger partial charge < -0.3 is 5.73 Å². The van der Waals surface area contributed by atoms with E-state index in [-0.39, 0.29) is 0 Å². The summed E-state index contributed by atoms with van der Waals surface area (Å²) in [5.41, 5.74) is 7.95. The van der Waals surface area contributed by atoms with E-state index in [4.69, 9.17) is 5.73 Å². The summed E-state index contributed by atoms with van der Waals surface area (Å²) in [6.07, 6.45) is 2.01. The van der Waals surface area contributed by atoms with Crippen LogP contribution in [0.1, 0.15) is 33.6 Å². The monoisotopic (exact) mass is 171 g/mol. The Bertz CT molecular complexity index is 177. The molecule has 1 atom stereocenters. The number of nitrogens with one attached hydrogen (secondary N) is 1. The molecule has 0 saturated heterocycles. The third-order valence-electron chi connectivity index (χ3n) is 1.70. The molecule has 12 heavy (non-hydrogen) atoms. The second-order valence-electron chi connectivity index (χ2n) is 3.04. The zero-order chi connectivity index (χ0) is 9.56. The minimum absolute atomic E-state index is 0.600. The van der Waals surface area contributed by atoms with Gasteiger partial charge in [-0.05, 0) is 19.3 Å². The lowest BCUT2D eigenvalue weighted by atomic mass is 10.0. The summed E-state index contributed by atoms with van der Waals surface area (Å²) in [5, 5.41) is 3.80. The van der Waals surface area contributed by atoms with Crippen LogP contribution >= 0.6 is 0 Å². The fraction of sp³-hybridized carbons (Fsp3) is 0.750. The molecule has 0 aliphatic heterocycles. The van der Waals surface area contributed by atoms with Crippen molar-refractivity contribution in [2.75, 3.05) is 0 Å². The first kappa shape index (κ1) is 10.9. The van der Waals surface area contributed by atoms with Crippen LogP contribution in [0.25, 0.3) is 0 Å². The number of urea groups is 1. The summed E-state index contributed by atoms with van der Waals surface area (Å²) < 4.78 is 0. The molecule has 0 fully saturated rings. The Balaban J connectivity index is 3.77. The summed E-state index contributed by atoms with van der Waals surface area (Å²) >= 11 is 0. The number of carbonyl (C=O) groups is 1. The van der Waals surface area contributed by atoms with Gasteiger partial charge in [0.25, 0.3) is 0 Å². The number of carbonyl (C=O) groups excluding carboxylic acids is 1. The number of primary amides is 1. The van der Waals surface area contributed by atoms with E-state index in [1.807, 2.05) is 6.92 Å². The summed E-state index contributed by atoms with van der Waals surface area (Å²) in [5.74, 6) is 0.600. The van der Waals surface area contributed by atoms with E-state index in [1.165, 1.54) is 0 Å². The van der Waals surface area contributed by atoms with E-state index in [2.05, 4.69) is 24.4 Å². The maximum absolute atomic E-state index is 10.3. The van der Waals surface area contributed by atoms with Gasteiger partial charge in [-0.1, -0.05) is 20.3 Å². The number of nitrogens with two attached hydrogens (primary N) is 1. The van der Waals surface area contributed by atoms with E-state index in [0.717, 1.165) is 18.6 Å². The Morgan fingerprint density at radius 3 is 2.67 bits per heavy atom. The van der Waals surface area contributed by atoms with Crippen molar-refractivity contribution >= 4 is 11.7 Å². The second-order valence-corrected chi connectivity index (χ2v) is 3.04. The third-order valence-corrected chi connectivity index (χ3v) is 1.70. The van der Waals surface area contributed by atoms with E-state index in [1.54, 1.807) is 0 Å². The van der Waals surface area contributed by atoms with E-state index in [9.17, 15) is 4.79 Å². The average Bonchev–Trinajstić information content (AvgIpc) is 2.00. The molecule has 0 rings (SSSR count). The molecule has 3 N–H and O–H groups in total. The Labute approximate surface area is 73.2 Å². The van der Waals surface area contributed by atoms with E-state index < -0.39 is 6.03 Å². The minimum Gasteiger partial charge on any atom is -0.350 e. The minimum atomic E-state index is -0.612. The van der Waals surface area contributed by atoms with Crippen molar-refractivity contribution in [1.82, 2.24) is 5.43 Å². The van der Waals surface area contributed by atoms with Gasteiger partial charge in [0.2, 0.25) is 0 Å². The quantitative estimate of drug-likeness (QED) is 0.488. The Kier molecular flexibility index (Phi) is 5.08. The van der Waals surface area contributed by atoms with Crippen LogP contribution in [-0.4, -0.2) is 11.7 Å². The highest BCUT2D eigenvalue weighted by molar-refractivity contribution is 5.83. The van der Waals surface area contributed by atoms with Gasteiger partial charge in [0.1, 0.15) is 0 Å². The molecule has 0 saturated carbocycles. The van der Waals surface area contributed by atoms with Crippen LogP contribution in [0.2, 0.25) is 0 Å². The first-order valence-corrected chi connectivity index (χ1v) is 4.14. The van der Waals surface area contributed by atoms with Crippen LogP contribution in [0, 0.1) is 5.92 Å². The highest BCUT2D eigenvalue weighted by atomic mass is 16.2. The molecule has 0 radical (unpaired) electrons. The zero-order valence-electron chi connectivity index (χ0n) is 7.92. The van der Waals surface area contributed by atoms with Crippen molar-refractivity contribution in [1.29, 1.82) is 0 Å². The lowest BCUT2D eigenvalue weighted by molar-refractivity contribution is 0.249. The molecule has 0 spiro atoms. The summed E-state index contributed by atoms with van der Waals surface area (Å²) in [6.45, 7) is 6.14. The molecule has 2 amide bonds. The largest absolute Gasteiger partial charge is 0.350 e. The third kappa shape index (κ3) is 5.70. The molecule has 0 aliphatic carbocycles. The number of rotatable bonds is 4. The van der Waals surface area contributed by atoms with Gasteiger partial charge in [0.05, 0.1) is 0 Å². The number of hydrogen-bond acceptors (Lipinski definition) is 2. The summed E-state index contributed by atoms with van der Waals surface area (Å²) in [7, 11) is 0. The van der Waals surface area contributed by atoms with Crippen molar-refractivity contribution in [3.8, 4) is 0 Å². The van der Waals surface area contributed by atoms with Crippen LogP contribution in [0.15, 0.2) is 5.10 Å². The average molecular weight is 171 g/mol. The lowest BCUT2D eigenvalue weighted by Gasteiger charge is -2.06. The predicted octanol–water partition coefficient (Wildman–Crippen LogP) is 1.47. The van der Waals surface area contributed by atoms with Crippen molar-refractivity contribution in [2.24, 2.45) is 16.8 Å². The molecule has 0 aromatic rings. The van der Waals surface area contributed by atoms with Gasteiger partial charge in [-0.25, -0.2) is 10.2 Å². The number of nitrogens with zero attached hydrogens (tertiary/aromatic N) is 1. The van der Waals surface area contributed by atoms with E-state index in [0.29, 0.717) is 5.92 Å². The first-order valence-electron chi connectivity index (χ1n) is 4.14. The fourth-order valence-electron chi connectivity index (χ4n) is 0.845. The molecule has 4 nitrogen and oxygen atoms in total. The fourth-order valence-corrected chi connectivity index (χ4v) is 0.845. The summed E-state index contributed by atoms with van der Waals surface area (Å²) in [6, 6.07) is -0.612. The van der Waals surface area contributed by atoms with Crippen LogP contribution in [0.3, 0.4) is 0 Å². The summed E-state index contributed by atoms with van der Waals surface area (Å²) in [4.78, 5) is 10.3. The number of hydrogen-bond donors (Lipinski definition) is 2. The van der Waals surface area contributed by atoms with Crippen molar-refractivity contribution < 1.29 is 4.79 Å². The zero-order valence-corrected chi connectivity index (χ0v) is 7.92. The Morgan fingerprint density at radius 2 is 2.25 bits per heavy atom. The normalized spacial score (nSPS) is 14.1.